The second-order valence-corrected chi connectivity index (χ2v) is 5.33. The van der Waals surface area contributed by atoms with Crippen LogP contribution in [0.15, 0.2) is 0 Å². The van der Waals surface area contributed by atoms with E-state index in [1.165, 1.54) is 25.8 Å². The van der Waals surface area contributed by atoms with Gasteiger partial charge in [-0.3, -0.25) is 0 Å². The third-order valence-electron chi connectivity index (χ3n) is 2.38. The normalized spacial score (nSPS) is 32.7. The summed E-state index contributed by atoms with van der Waals surface area (Å²) in [6.07, 6.45) is 4.00. The van der Waals surface area contributed by atoms with E-state index < -0.39 is 0 Å². The fourth-order valence-electron chi connectivity index (χ4n) is 2.28. The number of rotatable bonds is 1. The van der Waals surface area contributed by atoms with Gasteiger partial charge >= 0.3 is 0 Å². The van der Waals surface area contributed by atoms with Crippen LogP contribution in [-0.2, 0) is 0 Å². The highest BCUT2D eigenvalue weighted by atomic mass is 15.0. The first-order valence-electron chi connectivity index (χ1n) is 4.66. The van der Waals surface area contributed by atoms with Gasteiger partial charge in [-0.15, -0.1) is 0 Å². The molecule has 1 atom stereocenters. The molecule has 1 rings (SSSR count). The first-order chi connectivity index (χ1) is 4.91. The molecule has 1 aliphatic rings. The molecule has 0 unspecified atom stereocenters. The molecular weight excluding hydrogens is 134 g/mol. The largest absolute Gasteiger partial charge is 0.311 e. The summed E-state index contributed by atoms with van der Waals surface area (Å²) in [6.45, 7) is 10.5. The molecule has 1 fully saturated rings. The molecule has 66 valence electrons. The van der Waals surface area contributed by atoms with Crippen molar-refractivity contribution in [2.75, 3.05) is 6.54 Å². The average Bonchev–Trinajstić information content (AvgIpc) is 2.09. The van der Waals surface area contributed by atoms with E-state index in [0.29, 0.717) is 11.0 Å². The van der Waals surface area contributed by atoms with Gasteiger partial charge in [0.05, 0.1) is 0 Å². The zero-order valence-electron chi connectivity index (χ0n) is 8.33. The van der Waals surface area contributed by atoms with E-state index in [4.69, 9.17) is 0 Å². The van der Waals surface area contributed by atoms with Crippen molar-refractivity contribution in [1.29, 1.82) is 0 Å². The Kier molecular flexibility index (Phi) is 2.29. The number of nitrogens with one attached hydrogen (secondary N) is 1. The van der Waals surface area contributed by atoms with Crippen LogP contribution in [-0.4, -0.2) is 12.1 Å². The van der Waals surface area contributed by atoms with Gasteiger partial charge in [0.1, 0.15) is 0 Å². The molecule has 0 aromatic heterocycles. The van der Waals surface area contributed by atoms with Gasteiger partial charge in [-0.1, -0.05) is 20.8 Å². The maximum atomic E-state index is 3.59. The Hall–Kier alpha value is -0.0400. The molecule has 0 aromatic carbocycles. The lowest BCUT2D eigenvalue weighted by Crippen LogP contribution is -2.39. The van der Waals surface area contributed by atoms with Crippen molar-refractivity contribution in [3.05, 3.63) is 0 Å². The molecule has 0 aliphatic carbocycles. The van der Waals surface area contributed by atoms with Crippen molar-refractivity contribution in [3.63, 3.8) is 0 Å². The third kappa shape index (κ3) is 2.82. The van der Waals surface area contributed by atoms with Gasteiger partial charge in [-0.05, 0) is 38.1 Å². The smallest absolute Gasteiger partial charge is 0.0158 e. The van der Waals surface area contributed by atoms with Crippen molar-refractivity contribution in [2.24, 2.45) is 5.41 Å². The number of hydrogen-bond donors (Lipinski definition) is 1. The van der Waals surface area contributed by atoms with Crippen LogP contribution in [0, 0.1) is 5.41 Å². The van der Waals surface area contributed by atoms with Gasteiger partial charge in [0.2, 0.25) is 0 Å². The number of hydrogen-bond acceptors (Lipinski definition) is 1. The summed E-state index contributed by atoms with van der Waals surface area (Å²) in [5, 5.41) is 3.59. The molecule has 0 aromatic rings. The highest BCUT2D eigenvalue weighted by molar-refractivity contribution is 4.91. The van der Waals surface area contributed by atoms with Crippen LogP contribution in [0.4, 0.5) is 0 Å². The summed E-state index contributed by atoms with van der Waals surface area (Å²) in [6, 6.07) is 0. The Morgan fingerprint density at radius 2 is 2.00 bits per heavy atom. The Bertz CT molecular complexity index is 126. The molecule has 1 nitrogen and oxygen atoms in total. The Balaban J connectivity index is 2.46. The van der Waals surface area contributed by atoms with Crippen LogP contribution < -0.4 is 5.32 Å². The third-order valence-corrected chi connectivity index (χ3v) is 2.38. The minimum Gasteiger partial charge on any atom is -0.311 e. The topological polar surface area (TPSA) is 12.0 Å². The zero-order valence-corrected chi connectivity index (χ0v) is 8.33. The van der Waals surface area contributed by atoms with Crippen LogP contribution >= 0.6 is 0 Å². The molecule has 1 N–H and O–H groups in total. The van der Waals surface area contributed by atoms with Gasteiger partial charge in [0, 0.05) is 5.54 Å². The summed E-state index contributed by atoms with van der Waals surface area (Å²) < 4.78 is 0. The molecule has 0 spiro atoms. The van der Waals surface area contributed by atoms with Crippen LogP contribution in [0.5, 0.6) is 0 Å². The van der Waals surface area contributed by atoms with Crippen molar-refractivity contribution < 1.29 is 0 Å². The lowest BCUT2D eigenvalue weighted by molar-refractivity contribution is 0.248. The SMILES string of the molecule is CC(C)(C)C[C@]1(C)CCCN1. The minimum absolute atomic E-state index is 0.429. The summed E-state index contributed by atoms with van der Waals surface area (Å²) in [5.74, 6) is 0. The van der Waals surface area contributed by atoms with Crippen LogP contribution in [0.1, 0.15) is 47.0 Å². The molecule has 0 bridgehead atoms. The van der Waals surface area contributed by atoms with Gasteiger partial charge < -0.3 is 5.32 Å². The molecule has 0 radical (unpaired) electrons. The van der Waals surface area contributed by atoms with Crippen molar-refractivity contribution in [1.82, 2.24) is 5.32 Å². The highest BCUT2D eigenvalue weighted by Gasteiger charge is 2.32. The van der Waals surface area contributed by atoms with E-state index in [1.807, 2.05) is 0 Å². The van der Waals surface area contributed by atoms with E-state index in [1.54, 1.807) is 0 Å². The summed E-state index contributed by atoms with van der Waals surface area (Å²) in [7, 11) is 0. The molecule has 11 heavy (non-hydrogen) atoms. The summed E-state index contributed by atoms with van der Waals surface area (Å²) >= 11 is 0. The Morgan fingerprint density at radius 3 is 2.36 bits per heavy atom. The quantitative estimate of drug-likeness (QED) is 0.613. The van der Waals surface area contributed by atoms with Crippen LogP contribution in [0.2, 0.25) is 0 Å². The van der Waals surface area contributed by atoms with E-state index >= 15 is 0 Å². The monoisotopic (exact) mass is 155 g/mol. The summed E-state index contributed by atoms with van der Waals surface area (Å²) in [5.41, 5.74) is 0.893. The lowest BCUT2D eigenvalue weighted by Gasteiger charge is -2.32. The van der Waals surface area contributed by atoms with Crippen molar-refractivity contribution in [3.8, 4) is 0 Å². The van der Waals surface area contributed by atoms with E-state index in [9.17, 15) is 0 Å². The predicted molar refractivity (Wildman–Crippen MR) is 49.7 cm³/mol. The Labute approximate surface area is 70.6 Å². The second kappa shape index (κ2) is 2.78. The van der Waals surface area contributed by atoms with Gasteiger partial charge in [0.15, 0.2) is 0 Å². The lowest BCUT2D eigenvalue weighted by atomic mass is 9.80. The fraction of sp³-hybridized carbons (Fsp3) is 1.00. The molecule has 1 aliphatic heterocycles. The van der Waals surface area contributed by atoms with E-state index in [-0.39, 0.29) is 0 Å². The maximum Gasteiger partial charge on any atom is 0.0158 e. The molecular formula is C10H21N. The first kappa shape index (κ1) is 9.05. The maximum absolute atomic E-state index is 3.59. The summed E-state index contributed by atoms with van der Waals surface area (Å²) in [4.78, 5) is 0. The minimum atomic E-state index is 0.429. The fourth-order valence-corrected chi connectivity index (χ4v) is 2.28. The van der Waals surface area contributed by atoms with Gasteiger partial charge in [-0.2, -0.15) is 0 Å². The predicted octanol–water partition coefficient (Wildman–Crippen LogP) is 2.56. The molecule has 1 heterocycles. The standard InChI is InChI=1S/C10H21N/c1-9(2,3)8-10(4)6-5-7-11-10/h11H,5-8H2,1-4H3/t10-/m0/s1. The molecule has 1 saturated heterocycles. The Morgan fingerprint density at radius 1 is 1.36 bits per heavy atom. The average molecular weight is 155 g/mol. The van der Waals surface area contributed by atoms with Crippen molar-refractivity contribution in [2.45, 2.75) is 52.5 Å². The molecule has 1 heteroatoms. The van der Waals surface area contributed by atoms with Crippen LogP contribution in [0.25, 0.3) is 0 Å². The van der Waals surface area contributed by atoms with E-state index in [2.05, 4.69) is 33.0 Å². The van der Waals surface area contributed by atoms with Crippen molar-refractivity contribution >= 4 is 0 Å². The zero-order chi connectivity index (χ0) is 8.54. The molecule has 0 amide bonds. The highest BCUT2D eigenvalue weighted by Crippen LogP contribution is 2.32. The second-order valence-electron chi connectivity index (χ2n) is 5.33. The van der Waals surface area contributed by atoms with Crippen LogP contribution in [0.3, 0.4) is 0 Å². The first-order valence-corrected chi connectivity index (χ1v) is 4.66. The molecule has 0 saturated carbocycles. The van der Waals surface area contributed by atoms with Gasteiger partial charge in [-0.25, -0.2) is 0 Å². The van der Waals surface area contributed by atoms with E-state index in [0.717, 1.165) is 0 Å². The van der Waals surface area contributed by atoms with Gasteiger partial charge in [0.25, 0.3) is 0 Å².